The minimum absolute atomic E-state index is 0.183. The number of sulfonamides is 1. The van der Waals surface area contributed by atoms with Crippen molar-refractivity contribution in [2.24, 2.45) is 0 Å². The maximum atomic E-state index is 13.2. The maximum Gasteiger partial charge on any atom is 0.341 e. The van der Waals surface area contributed by atoms with E-state index in [-0.39, 0.29) is 17.1 Å². The van der Waals surface area contributed by atoms with Crippen LogP contribution in [-0.2, 0) is 19.6 Å². The summed E-state index contributed by atoms with van der Waals surface area (Å²) in [5, 5.41) is 6.22. The Morgan fingerprint density at radius 2 is 1.74 bits per heavy atom. The Bertz CT molecular complexity index is 1520. The second-order valence-corrected chi connectivity index (χ2v) is 10.3. The lowest BCUT2D eigenvalue weighted by molar-refractivity contribution is -0.114. The first-order valence-corrected chi connectivity index (χ1v) is 12.9. The van der Waals surface area contributed by atoms with Gasteiger partial charge in [-0.3, -0.25) is 9.10 Å². The summed E-state index contributed by atoms with van der Waals surface area (Å²) in [6.45, 7) is 1.47. The molecule has 0 aliphatic carbocycles. The number of esters is 1. The molecule has 0 fully saturated rings. The summed E-state index contributed by atoms with van der Waals surface area (Å²) >= 11 is 1.19. The van der Waals surface area contributed by atoms with Gasteiger partial charge >= 0.3 is 5.97 Å². The summed E-state index contributed by atoms with van der Waals surface area (Å²) in [5.74, 6) is -1.11. The molecule has 0 bridgehead atoms. The number of anilines is 2. The summed E-state index contributed by atoms with van der Waals surface area (Å²) in [7, 11) is -3.87. The van der Waals surface area contributed by atoms with Gasteiger partial charge in [0.15, 0.2) is 0 Å². The Kier molecular flexibility index (Phi) is 5.59. The second kappa shape index (κ2) is 8.58. The molecule has 1 aromatic heterocycles. The molecule has 0 atom stereocenters. The lowest BCUT2D eigenvalue weighted by atomic mass is 10.0. The van der Waals surface area contributed by atoms with Gasteiger partial charge in [-0.15, -0.1) is 11.3 Å². The van der Waals surface area contributed by atoms with Crippen molar-refractivity contribution in [3.05, 3.63) is 77.7 Å². The smallest absolute Gasteiger partial charge is 0.341 e. The first kappa shape index (κ1) is 22.1. The quantitative estimate of drug-likeness (QED) is 0.387. The molecule has 0 saturated heterocycles. The largest absolute Gasteiger partial charge is 0.462 e. The average molecular weight is 493 g/mol. The van der Waals surface area contributed by atoms with Crippen molar-refractivity contribution >= 4 is 54.7 Å². The molecule has 3 aromatic carbocycles. The molecule has 0 radical (unpaired) electrons. The first-order valence-electron chi connectivity index (χ1n) is 10.6. The molecule has 5 rings (SSSR count). The topological polar surface area (TPSA) is 92.8 Å². The molecule has 0 unspecified atom stereocenters. The van der Waals surface area contributed by atoms with Gasteiger partial charge in [0.25, 0.3) is 10.0 Å². The van der Waals surface area contributed by atoms with E-state index in [4.69, 9.17) is 4.74 Å². The molecule has 1 amide bonds. The van der Waals surface area contributed by atoms with Gasteiger partial charge in [0.2, 0.25) is 5.91 Å². The molecule has 0 saturated carbocycles. The summed E-state index contributed by atoms with van der Waals surface area (Å²) in [6.07, 6.45) is 0. The first-order chi connectivity index (χ1) is 16.4. The van der Waals surface area contributed by atoms with Gasteiger partial charge in [0.1, 0.15) is 17.1 Å². The fourth-order valence-electron chi connectivity index (χ4n) is 4.11. The molecule has 1 N–H and O–H groups in total. The standard InChI is InChI=1S/C25H20N2O5S2/c1-2-32-25(29)23-18(16-8-4-3-5-9-16)15-33-24(23)26-21(28)14-27-19-12-6-10-17-11-7-13-20(22(17)19)34(27,30)31/h3-13,15H,2,14H2,1H3,(H,26,28). The number of benzene rings is 3. The van der Waals surface area contributed by atoms with Crippen LogP contribution in [0.15, 0.2) is 77.0 Å². The van der Waals surface area contributed by atoms with E-state index in [2.05, 4.69) is 5.32 Å². The number of hydrogen-bond donors (Lipinski definition) is 1. The fraction of sp³-hybridized carbons (Fsp3) is 0.120. The van der Waals surface area contributed by atoms with Crippen LogP contribution in [0.2, 0.25) is 0 Å². The van der Waals surface area contributed by atoms with Crippen LogP contribution in [0.4, 0.5) is 10.7 Å². The highest BCUT2D eigenvalue weighted by atomic mass is 32.2. The van der Waals surface area contributed by atoms with Crippen molar-refractivity contribution in [1.29, 1.82) is 0 Å². The highest BCUT2D eigenvalue weighted by molar-refractivity contribution is 7.93. The minimum atomic E-state index is -3.87. The molecule has 0 spiro atoms. The van der Waals surface area contributed by atoms with Gasteiger partial charge in [0.05, 0.1) is 17.2 Å². The summed E-state index contributed by atoms with van der Waals surface area (Å²) < 4.78 is 32.7. The molecule has 9 heteroatoms. The maximum absolute atomic E-state index is 13.2. The Morgan fingerprint density at radius 3 is 2.47 bits per heavy atom. The van der Waals surface area contributed by atoms with Crippen LogP contribution >= 0.6 is 11.3 Å². The van der Waals surface area contributed by atoms with E-state index in [1.807, 2.05) is 42.5 Å². The zero-order chi connectivity index (χ0) is 23.9. The Balaban J connectivity index is 1.47. The van der Waals surface area contributed by atoms with Gasteiger partial charge < -0.3 is 10.1 Å². The zero-order valence-electron chi connectivity index (χ0n) is 18.1. The van der Waals surface area contributed by atoms with Crippen molar-refractivity contribution in [2.75, 3.05) is 22.8 Å². The van der Waals surface area contributed by atoms with Crippen LogP contribution in [-0.4, -0.2) is 33.4 Å². The van der Waals surface area contributed by atoms with Crippen molar-refractivity contribution in [3.8, 4) is 11.1 Å². The Morgan fingerprint density at radius 1 is 1.00 bits per heavy atom. The molecule has 7 nitrogen and oxygen atoms in total. The SMILES string of the molecule is CCOC(=O)c1c(-c2ccccc2)csc1NC(=O)CN1c2cccc3cccc(c23)S1(=O)=O. The van der Waals surface area contributed by atoms with Crippen LogP contribution in [0, 0.1) is 0 Å². The molecule has 34 heavy (non-hydrogen) atoms. The van der Waals surface area contributed by atoms with Crippen LogP contribution in [0.3, 0.4) is 0 Å². The minimum Gasteiger partial charge on any atom is -0.462 e. The fourth-order valence-corrected chi connectivity index (χ4v) is 6.75. The molecule has 4 aromatic rings. The van der Waals surface area contributed by atoms with Gasteiger partial charge in [-0.2, -0.15) is 0 Å². The van der Waals surface area contributed by atoms with E-state index in [0.717, 1.165) is 15.3 Å². The number of ether oxygens (including phenoxy) is 1. The van der Waals surface area contributed by atoms with E-state index < -0.39 is 28.4 Å². The van der Waals surface area contributed by atoms with Crippen LogP contribution in [0.5, 0.6) is 0 Å². The zero-order valence-corrected chi connectivity index (χ0v) is 19.8. The second-order valence-electron chi connectivity index (χ2n) is 7.63. The Labute approximate surface area is 200 Å². The van der Waals surface area contributed by atoms with Gasteiger partial charge in [-0.05, 0) is 30.0 Å². The highest BCUT2D eigenvalue weighted by Crippen LogP contribution is 2.42. The number of nitrogens with one attached hydrogen (secondary N) is 1. The summed E-state index contributed by atoms with van der Waals surface area (Å²) in [4.78, 5) is 26.0. The number of carbonyl (C=O) groups is 2. The average Bonchev–Trinajstić information content (AvgIpc) is 3.34. The van der Waals surface area contributed by atoms with Crippen molar-refractivity contribution in [3.63, 3.8) is 0 Å². The van der Waals surface area contributed by atoms with Crippen molar-refractivity contribution in [2.45, 2.75) is 11.8 Å². The van der Waals surface area contributed by atoms with Gasteiger partial charge in [0, 0.05) is 16.3 Å². The summed E-state index contributed by atoms with van der Waals surface area (Å²) in [5.41, 5.74) is 2.17. The number of carbonyl (C=O) groups excluding carboxylic acids is 2. The number of hydrogen-bond acceptors (Lipinski definition) is 6. The van der Waals surface area contributed by atoms with E-state index in [0.29, 0.717) is 21.6 Å². The predicted molar refractivity (Wildman–Crippen MR) is 133 cm³/mol. The van der Waals surface area contributed by atoms with E-state index >= 15 is 0 Å². The van der Waals surface area contributed by atoms with Gasteiger partial charge in [-0.25, -0.2) is 13.2 Å². The van der Waals surface area contributed by atoms with E-state index in [1.165, 1.54) is 11.3 Å². The molecule has 2 heterocycles. The Hall–Kier alpha value is -3.69. The van der Waals surface area contributed by atoms with Crippen LogP contribution in [0.25, 0.3) is 21.9 Å². The highest BCUT2D eigenvalue weighted by Gasteiger charge is 2.37. The third kappa shape index (κ3) is 3.63. The summed E-state index contributed by atoms with van der Waals surface area (Å²) in [6, 6.07) is 19.7. The third-order valence-corrected chi connectivity index (χ3v) is 8.27. The van der Waals surface area contributed by atoms with E-state index in [1.54, 1.807) is 36.6 Å². The molecule has 172 valence electrons. The molecular formula is C25H20N2O5S2. The number of thiophene rings is 1. The van der Waals surface area contributed by atoms with E-state index in [9.17, 15) is 18.0 Å². The monoisotopic (exact) mass is 492 g/mol. The van der Waals surface area contributed by atoms with Crippen LogP contribution in [0.1, 0.15) is 17.3 Å². The van der Waals surface area contributed by atoms with Crippen LogP contribution < -0.4 is 9.62 Å². The lowest BCUT2D eigenvalue weighted by Crippen LogP contribution is -2.35. The molecule has 1 aliphatic rings. The van der Waals surface area contributed by atoms with Crippen molar-refractivity contribution < 1.29 is 22.7 Å². The number of nitrogens with zero attached hydrogens (tertiary/aromatic N) is 1. The predicted octanol–water partition coefficient (Wildman–Crippen LogP) is 4.89. The normalized spacial score (nSPS) is 13.7. The third-order valence-electron chi connectivity index (χ3n) is 5.58. The lowest BCUT2D eigenvalue weighted by Gasteiger charge is -2.18. The molecular weight excluding hydrogens is 472 g/mol. The molecule has 1 aliphatic heterocycles. The van der Waals surface area contributed by atoms with Crippen molar-refractivity contribution in [1.82, 2.24) is 0 Å². The number of amides is 1. The number of rotatable bonds is 6. The van der Waals surface area contributed by atoms with Gasteiger partial charge in [-0.1, -0.05) is 54.6 Å².